The van der Waals surface area contributed by atoms with Crippen LogP contribution in [0.15, 0.2) is 0 Å². The van der Waals surface area contributed by atoms with Crippen LogP contribution < -0.4 is 0 Å². The van der Waals surface area contributed by atoms with Crippen molar-refractivity contribution < 1.29 is 10.2 Å². The molecular weight excluding hydrogens is 392 g/mol. The molecule has 6 unspecified atom stereocenters. The highest BCUT2D eigenvalue weighted by Crippen LogP contribution is 2.57. The third-order valence-corrected chi connectivity index (χ3v) is 11.2. The summed E-state index contributed by atoms with van der Waals surface area (Å²) in [5, 5.41) is 22.1. The van der Waals surface area contributed by atoms with Gasteiger partial charge in [0.1, 0.15) is 0 Å². The number of aliphatic hydroxyl groups is 2. The summed E-state index contributed by atoms with van der Waals surface area (Å²) >= 11 is 0. The summed E-state index contributed by atoms with van der Waals surface area (Å²) < 4.78 is 0. The quantitative estimate of drug-likeness (QED) is 0.417. The summed E-state index contributed by atoms with van der Waals surface area (Å²) in [5.74, 6) is 4.24. The maximum Gasteiger partial charge on any atom is 0.0571 e. The Morgan fingerprint density at radius 3 is 1.41 bits per heavy atom. The van der Waals surface area contributed by atoms with Gasteiger partial charge in [-0.1, -0.05) is 84.5 Å². The van der Waals surface area contributed by atoms with E-state index < -0.39 is 0 Å². The molecule has 0 aromatic heterocycles. The Labute approximate surface area is 199 Å². The molecule has 0 bridgehead atoms. The molecule has 0 aliphatic heterocycles. The van der Waals surface area contributed by atoms with Gasteiger partial charge in [-0.15, -0.1) is 0 Å². The Balaban J connectivity index is 1.53. The van der Waals surface area contributed by atoms with Crippen LogP contribution in [0.4, 0.5) is 0 Å². The summed E-state index contributed by atoms with van der Waals surface area (Å²) in [7, 11) is 0. The summed E-state index contributed by atoms with van der Waals surface area (Å²) in [5.41, 5.74) is 0.439. The minimum absolute atomic E-state index is 0.0475. The van der Waals surface area contributed by atoms with Gasteiger partial charge in [0.05, 0.1) is 12.2 Å². The monoisotopic (exact) mass is 446 g/mol. The molecular formula is C30H54O2. The first kappa shape index (κ1) is 25.0. The molecule has 6 atom stereocenters. The normalized spacial score (nSPS) is 40.1. The zero-order chi connectivity index (χ0) is 22.6. The second-order valence-corrected chi connectivity index (χ2v) is 12.6. The maximum absolute atomic E-state index is 11.0. The van der Waals surface area contributed by atoms with E-state index in [0.717, 1.165) is 36.5 Å². The van der Waals surface area contributed by atoms with Crippen molar-refractivity contribution in [2.45, 2.75) is 148 Å². The van der Waals surface area contributed by atoms with Crippen LogP contribution in [0.2, 0.25) is 0 Å². The molecule has 4 rings (SSSR count). The number of aliphatic hydroxyl groups excluding tert-OH is 2. The van der Waals surface area contributed by atoms with Gasteiger partial charge >= 0.3 is 0 Å². The molecule has 4 aliphatic rings. The molecule has 2 heteroatoms. The molecule has 2 nitrogen and oxygen atoms in total. The minimum Gasteiger partial charge on any atom is -0.393 e. The fourth-order valence-corrected chi connectivity index (χ4v) is 9.52. The second-order valence-electron chi connectivity index (χ2n) is 12.6. The van der Waals surface area contributed by atoms with Gasteiger partial charge in [-0.05, 0) is 92.3 Å². The van der Waals surface area contributed by atoms with Gasteiger partial charge in [0.2, 0.25) is 0 Å². The van der Waals surface area contributed by atoms with Crippen LogP contribution >= 0.6 is 0 Å². The molecule has 4 saturated carbocycles. The standard InChI is InChI=1S/C30H54O2/c1-3-19-30(4-2,24-15-17-28(31)26(20-24)22-11-7-5-8-12-22)25-16-18-29(32)27(21-25)23-13-9-6-10-14-23/h22-29,31-32H,3-21H2,1-2H3. The van der Waals surface area contributed by atoms with E-state index in [1.165, 1.54) is 109 Å². The van der Waals surface area contributed by atoms with E-state index in [9.17, 15) is 10.2 Å². The third kappa shape index (κ3) is 5.27. The second kappa shape index (κ2) is 11.6. The molecule has 32 heavy (non-hydrogen) atoms. The van der Waals surface area contributed by atoms with Crippen LogP contribution in [0.5, 0.6) is 0 Å². The molecule has 0 amide bonds. The van der Waals surface area contributed by atoms with Crippen LogP contribution in [0, 0.1) is 40.9 Å². The number of hydrogen-bond acceptors (Lipinski definition) is 2. The first-order valence-corrected chi connectivity index (χ1v) is 14.9. The van der Waals surface area contributed by atoms with Gasteiger partial charge in [0.25, 0.3) is 0 Å². The zero-order valence-electron chi connectivity index (χ0n) is 21.4. The fraction of sp³-hybridized carbons (Fsp3) is 1.00. The molecule has 0 saturated heterocycles. The molecule has 2 N–H and O–H groups in total. The van der Waals surface area contributed by atoms with Crippen molar-refractivity contribution >= 4 is 0 Å². The summed E-state index contributed by atoms with van der Waals surface area (Å²) in [6.45, 7) is 4.88. The lowest BCUT2D eigenvalue weighted by Gasteiger charge is -2.54. The van der Waals surface area contributed by atoms with Gasteiger partial charge < -0.3 is 10.2 Å². The average molecular weight is 447 g/mol. The summed E-state index contributed by atoms with van der Waals surface area (Å²) in [4.78, 5) is 0. The Kier molecular flexibility index (Phi) is 9.05. The molecule has 4 aliphatic carbocycles. The smallest absolute Gasteiger partial charge is 0.0571 e. The molecule has 4 fully saturated rings. The highest BCUT2D eigenvalue weighted by molar-refractivity contribution is 5.00. The summed E-state index contributed by atoms with van der Waals surface area (Å²) in [6.07, 6.45) is 24.8. The van der Waals surface area contributed by atoms with Crippen molar-refractivity contribution in [3.05, 3.63) is 0 Å². The van der Waals surface area contributed by atoms with E-state index in [1.54, 1.807) is 0 Å². The van der Waals surface area contributed by atoms with Crippen molar-refractivity contribution in [2.75, 3.05) is 0 Å². The van der Waals surface area contributed by atoms with E-state index in [1.807, 2.05) is 0 Å². The lowest BCUT2D eigenvalue weighted by atomic mass is 9.51. The van der Waals surface area contributed by atoms with Crippen LogP contribution in [-0.2, 0) is 0 Å². The SMILES string of the molecule is CCCC(CC)(C1CCC(O)C(C2CCCCC2)C1)C1CCC(O)C(C2CCCCC2)C1. The Bertz CT molecular complexity index is 505. The molecule has 186 valence electrons. The zero-order valence-corrected chi connectivity index (χ0v) is 21.4. The van der Waals surface area contributed by atoms with Gasteiger partial charge in [-0.2, -0.15) is 0 Å². The Hall–Kier alpha value is -0.0800. The van der Waals surface area contributed by atoms with Gasteiger partial charge in [0, 0.05) is 0 Å². The maximum atomic E-state index is 11.0. The topological polar surface area (TPSA) is 40.5 Å². The minimum atomic E-state index is -0.0475. The fourth-order valence-electron chi connectivity index (χ4n) is 9.52. The lowest BCUT2D eigenvalue weighted by molar-refractivity contribution is -0.0839. The largest absolute Gasteiger partial charge is 0.393 e. The van der Waals surface area contributed by atoms with Crippen molar-refractivity contribution in [3.63, 3.8) is 0 Å². The molecule has 0 aromatic carbocycles. The van der Waals surface area contributed by atoms with Crippen LogP contribution in [0.25, 0.3) is 0 Å². The Morgan fingerprint density at radius 1 is 0.594 bits per heavy atom. The Morgan fingerprint density at radius 2 is 1.03 bits per heavy atom. The lowest BCUT2D eigenvalue weighted by Crippen LogP contribution is -2.48. The van der Waals surface area contributed by atoms with Crippen LogP contribution in [0.1, 0.15) is 136 Å². The van der Waals surface area contributed by atoms with Crippen molar-refractivity contribution in [2.24, 2.45) is 40.9 Å². The van der Waals surface area contributed by atoms with E-state index >= 15 is 0 Å². The third-order valence-electron chi connectivity index (χ3n) is 11.2. The highest BCUT2D eigenvalue weighted by Gasteiger charge is 2.50. The van der Waals surface area contributed by atoms with Crippen molar-refractivity contribution in [1.29, 1.82) is 0 Å². The number of hydrogen-bond donors (Lipinski definition) is 2. The predicted octanol–water partition coefficient (Wildman–Crippen LogP) is 7.90. The van der Waals surface area contributed by atoms with Crippen LogP contribution in [-0.4, -0.2) is 22.4 Å². The first-order chi connectivity index (χ1) is 15.6. The van der Waals surface area contributed by atoms with Gasteiger partial charge in [-0.25, -0.2) is 0 Å². The van der Waals surface area contributed by atoms with Crippen LogP contribution in [0.3, 0.4) is 0 Å². The number of rotatable bonds is 7. The van der Waals surface area contributed by atoms with E-state index in [4.69, 9.17) is 0 Å². The van der Waals surface area contributed by atoms with E-state index in [2.05, 4.69) is 13.8 Å². The average Bonchev–Trinajstić information content (AvgIpc) is 2.84. The predicted molar refractivity (Wildman–Crippen MR) is 134 cm³/mol. The van der Waals surface area contributed by atoms with Crippen molar-refractivity contribution in [3.8, 4) is 0 Å². The molecule has 0 heterocycles. The summed E-state index contributed by atoms with van der Waals surface area (Å²) in [6, 6.07) is 0. The van der Waals surface area contributed by atoms with E-state index in [-0.39, 0.29) is 12.2 Å². The molecule has 0 spiro atoms. The molecule has 0 radical (unpaired) electrons. The van der Waals surface area contributed by atoms with Crippen molar-refractivity contribution in [1.82, 2.24) is 0 Å². The van der Waals surface area contributed by atoms with Gasteiger partial charge in [-0.3, -0.25) is 0 Å². The molecule has 0 aromatic rings. The van der Waals surface area contributed by atoms with Gasteiger partial charge in [0.15, 0.2) is 0 Å². The highest BCUT2D eigenvalue weighted by atomic mass is 16.3. The van der Waals surface area contributed by atoms with E-state index in [0.29, 0.717) is 17.3 Å². The first-order valence-electron chi connectivity index (χ1n) is 14.9.